The number of rotatable bonds is 5. The Hall–Kier alpha value is -1.86. The van der Waals surface area contributed by atoms with Gasteiger partial charge in [-0.1, -0.05) is 0 Å². The van der Waals surface area contributed by atoms with Crippen LogP contribution in [0.5, 0.6) is 0 Å². The van der Waals surface area contributed by atoms with Crippen molar-refractivity contribution in [2.24, 2.45) is 0 Å². The number of piperazine rings is 1. The van der Waals surface area contributed by atoms with Gasteiger partial charge in [-0.15, -0.1) is 0 Å². The Morgan fingerprint density at radius 3 is 2.67 bits per heavy atom. The van der Waals surface area contributed by atoms with Crippen molar-refractivity contribution in [2.75, 3.05) is 57.4 Å². The van der Waals surface area contributed by atoms with Gasteiger partial charge in [-0.05, 0) is 19.2 Å². The third kappa shape index (κ3) is 4.05. The molecule has 4 N–H and O–H groups in total. The van der Waals surface area contributed by atoms with E-state index in [0.29, 0.717) is 12.2 Å². The zero-order valence-electron chi connectivity index (χ0n) is 12.1. The van der Waals surface area contributed by atoms with Crippen LogP contribution in [0.1, 0.15) is 10.4 Å². The topological polar surface area (TPSA) is 81.8 Å². The summed E-state index contributed by atoms with van der Waals surface area (Å²) in [6.07, 6.45) is 0. The van der Waals surface area contributed by atoms with E-state index in [1.165, 1.54) is 0 Å². The first-order chi connectivity index (χ1) is 9.97. The van der Waals surface area contributed by atoms with Crippen LogP contribution in [0.25, 0.3) is 0 Å². The lowest BCUT2D eigenvalue weighted by molar-refractivity contribution is 0.0692. The molecule has 21 heavy (non-hydrogen) atoms. The molecule has 1 saturated heterocycles. The van der Waals surface area contributed by atoms with Gasteiger partial charge in [-0.25, -0.2) is 9.18 Å². The minimum atomic E-state index is -1.32. The molecule has 0 unspecified atom stereocenters. The molecule has 0 radical (unpaired) electrons. The first-order valence-corrected chi connectivity index (χ1v) is 6.94. The fourth-order valence-electron chi connectivity index (χ4n) is 2.33. The van der Waals surface area contributed by atoms with Gasteiger partial charge in [0.1, 0.15) is 5.82 Å². The van der Waals surface area contributed by atoms with E-state index < -0.39 is 17.3 Å². The van der Waals surface area contributed by atoms with Crippen molar-refractivity contribution in [1.82, 2.24) is 9.80 Å². The van der Waals surface area contributed by atoms with Gasteiger partial charge in [0.2, 0.25) is 0 Å². The number of nitrogens with zero attached hydrogens (tertiary/aromatic N) is 2. The highest BCUT2D eigenvalue weighted by molar-refractivity contribution is 5.90. The molecule has 0 atom stereocenters. The van der Waals surface area contributed by atoms with Gasteiger partial charge in [0.25, 0.3) is 0 Å². The highest BCUT2D eigenvalue weighted by Crippen LogP contribution is 2.22. The molecule has 1 aromatic rings. The van der Waals surface area contributed by atoms with Crippen molar-refractivity contribution in [3.8, 4) is 0 Å². The van der Waals surface area contributed by atoms with Crippen molar-refractivity contribution >= 4 is 17.3 Å². The average molecular weight is 296 g/mol. The van der Waals surface area contributed by atoms with Crippen molar-refractivity contribution in [3.05, 3.63) is 23.5 Å². The number of likely N-dealkylation sites (N-methyl/N-ethyl adjacent to an activating group) is 1. The standard InChI is InChI=1S/C14H21FN4O2/c1-18-4-6-19(7-5-18)3-2-17-13-9-11(15)10(14(20)21)8-12(13)16/h8-9,17H,2-7,16H2,1H3,(H,20,21). The Morgan fingerprint density at radius 1 is 1.38 bits per heavy atom. The molecule has 1 aliphatic heterocycles. The SMILES string of the molecule is CN1CCN(CCNc2cc(F)c(C(=O)O)cc2N)CC1. The summed E-state index contributed by atoms with van der Waals surface area (Å²) in [6.45, 7) is 5.60. The molecule has 0 saturated carbocycles. The Morgan fingerprint density at radius 2 is 2.05 bits per heavy atom. The third-order valence-electron chi connectivity index (χ3n) is 3.71. The number of anilines is 2. The average Bonchev–Trinajstić information content (AvgIpc) is 2.44. The highest BCUT2D eigenvalue weighted by atomic mass is 19.1. The van der Waals surface area contributed by atoms with Crippen LogP contribution in [0.15, 0.2) is 12.1 Å². The number of halogens is 1. The molecule has 0 spiro atoms. The number of nitrogen functional groups attached to an aromatic ring is 1. The Bertz CT molecular complexity index is 516. The molecule has 1 aliphatic rings. The van der Waals surface area contributed by atoms with Crippen LogP contribution in [0.4, 0.5) is 15.8 Å². The predicted molar refractivity (Wildman–Crippen MR) is 80.2 cm³/mol. The largest absolute Gasteiger partial charge is 0.478 e. The minimum absolute atomic E-state index is 0.243. The van der Waals surface area contributed by atoms with Gasteiger partial charge < -0.3 is 21.1 Å². The quantitative estimate of drug-likeness (QED) is 0.696. The molecule has 2 rings (SSSR count). The minimum Gasteiger partial charge on any atom is -0.478 e. The number of aromatic carboxylic acids is 1. The van der Waals surface area contributed by atoms with Crippen LogP contribution < -0.4 is 11.1 Å². The molecular formula is C14H21FN4O2. The van der Waals surface area contributed by atoms with E-state index in [2.05, 4.69) is 22.2 Å². The van der Waals surface area contributed by atoms with Crippen LogP contribution in [-0.4, -0.2) is 67.2 Å². The molecule has 116 valence electrons. The summed E-state index contributed by atoms with van der Waals surface area (Å²) in [7, 11) is 2.10. The normalized spacial score (nSPS) is 16.9. The molecule has 6 nitrogen and oxygen atoms in total. The van der Waals surface area contributed by atoms with E-state index in [0.717, 1.165) is 44.9 Å². The first kappa shape index (κ1) is 15.5. The number of hydrogen-bond acceptors (Lipinski definition) is 5. The lowest BCUT2D eigenvalue weighted by atomic mass is 10.1. The van der Waals surface area contributed by atoms with Gasteiger partial charge >= 0.3 is 5.97 Å². The first-order valence-electron chi connectivity index (χ1n) is 6.94. The summed E-state index contributed by atoms with van der Waals surface area (Å²) in [5.74, 6) is -2.10. The van der Waals surface area contributed by atoms with E-state index in [1.54, 1.807) is 0 Å². The van der Waals surface area contributed by atoms with Crippen LogP contribution in [0.3, 0.4) is 0 Å². The number of carbonyl (C=O) groups is 1. The number of nitrogens with two attached hydrogens (primary N) is 1. The number of benzene rings is 1. The molecule has 1 aromatic carbocycles. The zero-order chi connectivity index (χ0) is 15.4. The Balaban J connectivity index is 1.88. The number of nitrogens with one attached hydrogen (secondary N) is 1. The van der Waals surface area contributed by atoms with Crippen LogP contribution >= 0.6 is 0 Å². The van der Waals surface area contributed by atoms with Crippen molar-refractivity contribution < 1.29 is 14.3 Å². The van der Waals surface area contributed by atoms with Crippen LogP contribution in [-0.2, 0) is 0 Å². The fraction of sp³-hybridized carbons (Fsp3) is 0.500. The van der Waals surface area contributed by atoms with Crippen molar-refractivity contribution in [2.45, 2.75) is 0 Å². The van der Waals surface area contributed by atoms with Crippen LogP contribution in [0, 0.1) is 5.82 Å². The molecule has 7 heteroatoms. The molecule has 1 fully saturated rings. The summed E-state index contributed by atoms with van der Waals surface area (Å²) >= 11 is 0. The predicted octanol–water partition coefficient (Wildman–Crippen LogP) is 0.765. The maximum absolute atomic E-state index is 13.6. The summed E-state index contributed by atoms with van der Waals surface area (Å²) in [5, 5.41) is 11.9. The van der Waals surface area contributed by atoms with Gasteiger partial charge in [0, 0.05) is 39.3 Å². The van der Waals surface area contributed by atoms with Gasteiger partial charge in [-0.2, -0.15) is 0 Å². The van der Waals surface area contributed by atoms with E-state index in [4.69, 9.17) is 10.8 Å². The fourth-order valence-corrected chi connectivity index (χ4v) is 2.33. The van der Waals surface area contributed by atoms with Crippen LogP contribution in [0.2, 0.25) is 0 Å². The zero-order valence-corrected chi connectivity index (χ0v) is 12.1. The van der Waals surface area contributed by atoms with Crippen molar-refractivity contribution in [3.63, 3.8) is 0 Å². The summed E-state index contributed by atoms with van der Waals surface area (Å²) in [5.41, 5.74) is 6.03. The summed E-state index contributed by atoms with van der Waals surface area (Å²) < 4.78 is 13.6. The van der Waals surface area contributed by atoms with Gasteiger partial charge in [0.15, 0.2) is 0 Å². The second-order valence-electron chi connectivity index (χ2n) is 5.30. The summed E-state index contributed by atoms with van der Waals surface area (Å²) in [6, 6.07) is 2.29. The van der Waals surface area contributed by atoms with E-state index in [1.807, 2.05) is 0 Å². The Kier molecular flexibility index (Phi) is 4.98. The van der Waals surface area contributed by atoms with Crippen molar-refractivity contribution in [1.29, 1.82) is 0 Å². The second-order valence-corrected chi connectivity index (χ2v) is 5.30. The molecule has 0 aromatic heterocycles. The molecule has 0 amide bonds. The second kappa shape index (κ2) is 6.73. The lowest BCUT2D eigenvalue weighted by Crippen LogP contribution is -2.45. The monoisotopic (exact) mass is 296 g/mol. The molecule has 1 heterocycles. The maximum atomic E-state index is 13.6. The Labute approximate surface area is 123 Å². The molecule has 0 bridgehead atoms. The van der Waals surface area contributed by atoms with E-state index in [9.17, 15) is 9.18 Å². The highest BCUT2D eigenvalue weighted by Gasteiger charge is 2.15. The molecule has 0 aliphatic carbocycles. The summed E-state index contributed by atoms with van der Waals surface area (Å²) in [4.78, 5) is 15.4. The van der Waals surface area contributed by atoms with E-state index >= 15 is 0 Å². The van der Waals surface area contributed by atoms with Gasteiger partial charge in [-0.3, -0.25) is 4.90 Å². The third-order valence-corrected chi connectivity index (χ3v) is 3.71. The number of carboxylic acid groups (broad SMARTS) is 1. The number of carboxylic acids is 1. The lowest BCUT2D eigenvalue weighted by Gasteiger charge is -2.32. The molecular weight excluding hydrogens is 275 g/mol. The van der Waals surface area contributed by atoms with E-state index in [-0.39, 0.29) is 5.69 Å². The number of hydrogen-bond donors (Lipinski definition) is 3. The smallest absolute Gasteiger partial charge is 0.338 e. The van der Waals surface area contributed by atoms with Gasteiger partial charge in [0.05, 0.1) is 16.9 Å². The maximum Gasteiger partial charge on any atom is 0.338 e.